The predicted octanol–water partition coefficient (Wildman–Crippen LogP) is 4.38. The number of para-hydroxylation sites is 2. The van der Waals surface area contributed by atoms with Crippen LogP contribution in [0, 0.1) is 5.82 Å². The van der Waals surface area contributed by atoms with Gasteiger partial charge < -0.3 is 10.1 Å². The minimum Gasteiger partial charge on any atom is -0.495 e. The molecule has 1 amide bonds. The Bertz CT molecular complexity index is 1300. The average Bonchev–Trinajstić information content (AvgIpc) is 3.25. The van der Waals surface area contributed by atoms with Gasteiger partial charge in [0, 0.05) is 5.56 Å². The van der Waals surface area contributed by atoms with E-state index in [-0.39, 0.29) is 23.8 Å². The van der Waals surface area contributed by atoms with E-state index in [2.05, 4.69) is 10.3 Å². The second-order valence-corrected chi connectivity index (χ2v) is 8.41. The summed E-state index contributed by atoms with van der Waals surface area (Å²) in [5.41, 5.74) is 1.24. The maximum atomic E-state index is 14.2. The van der Waals surface area contributed by atoms with Crippen molar-refractivity contribution in [3.8, 4) is 5.75 Å². The molecule has 2 aromatic carbocycles. The van der Waals surface area contributed by atoms with Crippen LogP contribution in [0.25, 0.3) is 10.2 Å². The van der Waals surface area contributed by atoms with E-state index in [4.69, 9.17) is 4.74 Å². The van der Waals surface area contributed by atoms with Crippen LogP contribution in [0.1, 0.15) is 5.56 Å². The summed E-state index contributed by atoms with van der Waals surface area (Å²) in [7, 11) is 1.53. The number of carbonyl (C=O) groups excluding carboxylic acids is 1. The predicted molar refractivity (Wildman–Crippen MR) is 122 cm³/mol. The number of carbonyl (C=O) groups is 1. The Morgan fingerprint density at radius 3 is 2.77 bits per heavy atom. The summed E-state index contributed by atoms with van der Waals surface area (Å²) in [5.74, 6) is -0.0931. The number of benzene rings is 2. The molecule has 6 nitrogen and oxygen atoms in total. The van der Waals surface area contributed by atoms with E-state index in [1.165, 1.54) is 29.1 Å². The fourth-order valence-electron chi connectivity index (χ4n) is 3.03. The van der Waals surface area contributed by atoms with Gasteiger partial charge in [-0.25, -0.2) is 9.37 Å². The molecule has 0 unspecified atom stereocenters. The largest absolute Gasteiger partial charge is 0.495 e. The van der Waals surface area contributed by atoms with Crippen LogP contribution in [-0.4, -0.2) is 28.3 Å². The zero-order valence-corrected chi connectivity index (χ0v) is 18.1. The molecular weight excluding hydrogens is 437 g/mol. The van der Waals surface area contributed by atoms with Gasteiger partial charge in [-0.3, -0.25) is 14.2 Å². The number of anilines is 1. The Balaban J connectivity index is 1.60. The van der Waals surface area contributed by atoms with Crippen LogP contribution in [0.3, 0.4) is 0 Å². The number of hydrogen-bond acceptors (Lipinski definition) is 6. The molecule has 0 radical (unpaired) electrons. The molecular formula is C22H18FN3O3S2. The summed E-state index contributed by atoms with van der Waals surface area (Å²) in [6.45, 7) is 0.0306. The third-order valence-corrected chi connectivity index (χ3v) is 6.40. The van der Waals surface area contributed by atoms with E-state index in [0.717, 1.165) is 11.8 Å². The Kier molecular flexibility index (Phi) is 6.34. The Morgan fingerprint density at radius 1 is 1.19 bits per heavy atom. The highest BCUT2D eigenvalue weighted by molar-refractivity contribution is 7.99. The fourth-order valence-corrected chi connectivity index (χ4v) is 4.61. The van der Waals surface area contributed by atoms with Crippen LogP contribution >= 0.6 is 23.1 Å². The first-order valence-corrected chi connectivity index (χ1v) is 11.2. The number of methoxy groups -OCH3 is 1. The molecule has 4 aromatic rings. The normalized spacial score (nSPS) is 10.9. The number of nitrogens with zero attached hydrogens (tertiary/aromatic N) is 2. The minimum atomic E-state index is -0.398. The second kappa shape index (κ2) is 9.32. The second-order valence-electron chi connectivity index (χ2n) is 6.55. The first-order valence-electron chi connectivity index (χ1n) is 9.34. The number of rotatable bonds is 7. The van der Waals surface area contributed by atoms with Gasteiger partial charge in [-0.2, -0.15) is 0 Å². The fraction of sp³-hybridized carbons (Fsp3) is 0.136. The van der Waals surface area contributed by atoms with Gasteiger partial charge in [0.05, 0.1) is 30.6 Å². The maximum absolute atomic E-state index is 14.2. The van der Waals surface area contributed by atoms with Crippen molar-refractivity contribution in [2.24, 2.45) is 0 Å². The number of amides is 1. The van der Waals surface area contributed by atoms with Crippen LogP contribution in [0.5, 0.6) is 5.75 Å². The maximum Gasteiger partial charge on any atom is 0.272 e. The smallest absolute Gasteiger partial charge is 0.272 e. The summed E-state index contributed by atoms with van der Waals surface area (Å²) in [4.78, 5) is 30.1. The van der Waals surface area contributed by atoms with E-state index >= 15 is 0 Å². The Labute approximate surface area is 185 Å². The highest BCUT2D eigenvalue weighted by Gasteiger charge is 2.16. The van der Waals surface area contributed by atoms with E-state index in [1.54, 1.807) is 47.8 Å². The van der Waals surface area contributed by atoms with E-state index in [0.29, 0.717) is 32.4 Å². The summed E-state index contributed by atoms with van der Waals surface area (Å²) >= 11 is 2.42. The molecule has 158 valence electrons. The highest BCUT2D eigenvalue weighted by Crippen LogP contribution is 2.25. The van der Waals surface area contributed by atoms with Crippen molar-refractivity contribution >= 4 is 44.9 Å². The van der Waals surface area contributed by atoms with Gasteiger partial charge in [-0.05, 0) is 29.6 Å². The summed E-state index contributed by atoms with van der Waals surface area (Å²) in [6, 6.07) is 15.1. The van der Waals surface area contributed by atoms with Crippen molar-refractivity contribution in [1.29, 1.82) is 0 Å². The monoisotopic (exact) mass is 455 g/mol. The lowest BCUT2D eigenvalue weighted by atomic mass is 10.2. The molecule has 0 aliphatic rings. The van der Waals surface area contributed by atoms with Crippen molar-refractivity contribution in [2.75, 3.05) is 18.2 Å². The molecule has 2 heterocycles. The first-order chi connectivity index (χ1) is 15.1. The molecule has 1 N–H and O–H groups in total. The number of halogens is 1. The van der Waals surface area contributed by atoms with Crippen LogP contribution in [-0.2, 0) is 11.3 Å². The van der Waals surface area contributed by atoms with Crippen LogP contribution < -0.4 is 15.6 Å². The van der Waals surface area contributed by atoms with Crippen molar-refractivity contribution in [2.45, 2.75) is 11.7 Å². The number of aromatic nitrogens is 2. The van der Waals surface area contributed by atoms with Gasteiger partial charge >= 0.3 is 0 Å². The Morgan fingerprint density at radius 2 is 1.97 bits per heavy atom. The zero-order chi connectivity index (χ0) is 21.8. The lowest BCUT2D eigenvalue weighted by Gasteiger charge is -2.13. The number of thioether (sulfide) groups is 1. The van der Waals surface area contributed by atoms with E-state index in [9.17, 15) is 14.0 Å². The van der Waals surface area contributed by atoms with E-state index < -0.39 is 5.82 Å². The lowest BCUT2D eigenvalue weighted by molar-refractivity contribution is -0.113. The van der Waals surface area contributed by atoms with Gasteiger partial charge in [-0.15, -0.1) is 11.3 Å². The summed E-state index contributed by atoms with van der Waals surface area (Å²) in [5, 5.41) is 4.94. The Hall–Kier alpha value is -3.17. The highest BCUT2D eigenvalue weighted by atomic mass is 32.2. The van der Waals surface area contributed by atoms with Gasteiger partial charge in [0.25, 0.3) is 5.56 Å². The summed E-state index contributed by atoms with van der Waals surface area (Å²) in [6.07, 6.45) is 0. The molecule has 0 saturated heterocycles. The standard InChI is InChI=1S/C22H18FN3O3S2/c1-29-18-9-5-4-8-16(18)24-19(27)13-31-22-25-17-10-11-30-20(17)21(28)26(22)12-14-6-2-3-7-15(14)23/h2-11H,12-13H2,1H3,(H,24,27). The van der Waals surface area contributed by atoms with Gasteiger partial charge in [-0.1, -0.05) is 42.1 Å². The molecule has 31 heavy (non-hydrogen) atoms. The third kappa shape index (κ3) is 4.62. The van der Waals surface area contributed by atoms with Crippen LogP contribution in [0.4, 0.5) is 10.1 Å². The molecule has 9 heteroatoms. The van der Waals surface area contributed by atoms with Gasteiger partial charge in [0.2, 0.25) is 5.91 Å². The zero-order valence-electron chi connectivity index (χ0n) is 16.5. The van der Waals surface area contributed by atoms with Crippen LogP contribution in [0.2, 0.25) is 0 Å². The first kappa shape index (κ1) is 21.1. The topological polar surface area (TPSA) is 73.2 Å². The van der Waals surface area contributed by atoms with Gasteiger partial charge in [0.1, 0.15) is 16.3 Å². The van der Waals surface area contributed by atoms with Crippen molar-refractivity contribution in [3.05, 3.63) is 81.7 Å². The molecule has 0 aliphatic heterocycles. The molecule has 4 rings (SSSR count). The molecule has 2 aromatic heterocycles. The molecule has 0 aliphatic carbocycles. The number of ether oxygens (including phenoxy) is 1. The molecule has 0 bridgehead atoms. The molecule has 0 spiro atoms. The average molecular weight is 456 g/mol. The van der Waals surface area contributed by atoms with E-state index in [1.807, 2.05) is 6.07 Å². The molecule has 0 fully saturated rings. The summed E-state index contributed by atoms with van der Waals surface area (Å²) < 4.78 is 21.4. The number of thiophene rings is 1. The van der Waals surface area contributed by atoms with Crippen molar-refractivity contribution in [3.63, 3.8) is 0 Å². The van der Waals surface area contributed by atoms with Crippen LogP contribution in [0.15, 0.2) is 69.9 Å². The number of hydrogen-bond donors (Lipinski definition) is 1. The SMILES string of the molecule is COc1ccccc1NC(=O)CSc1nc2ccsc2c(=O)n1Cc1ccccc1F. The third-order valence-electron chi connectivity index (χ3n) is 4.53. The van der Waals surface area contributed by atoms with Gasteiger partial charge in [0.15, 0.2) is 5.16 Å². The number of fused-ring (bicyclic) bond motifs is 1. The number of nitrogens with one attached hydrogen (secondary N) is 1. The quantitative estimate of drug-likeness (QED) is 0.331. The molecule has 0 atom stereocenters. The molecule has 0 saturated carbocycles. The van der Waals surface area contributed by atoms with Crippen molar-refractivity contribution < 1.29 is 13.9 Å². The van der Waals surface area contributed by atoms with Crippen molar-refractivity contribution in [1.82, 2.24) is 9.55 Å². The minimum absolute atomic E-state index is 0.0252. The lowest BCUT2D eigenvalue weighted by Crippen LogP contribution is -2.24.